The number of hydrogen-bond donors (Lipinski definition) is 1. The smallest absolute Gasteiger partial charge is 0.159 e. The van der Waals surface area contributed by atoms with E-state index in [0.29, 0.717) is 5.92 Å². The van der Waals surface area contributed by atoms with Crippen LogP contribution >= 0.6 is 0 Å². The number of rotatable bonds is 5. The van der Waals surface area contributed by atoms with Crippen LogP contribution in [0, 0.1) is 20.8 Å². The molecule has 1 N–H and O–H groups in total. The average molecular weight is 285 g/mol. The molecular formula is C16H23N5. The molecule has 1 saturated carbocycles. The van der Waals surface area contributed by atoms with E-state index in [1.54, 1.807) is 0 Å². The van der Waals surface area contributed by atoms with E-state index in [0.717, 1.165) is 41.8 Å². The maximum Gasteiger partial charge on any atom is 0.159 e. The number of nitrogens with one attached hydrogen (secondary N) is 1. The molecule has 0 spiro atoms. The topological polar surface area (TPSA) is 55.6 Å². The molecule has 0 unspecified atom stereocenters. The first kappa shape index (κ1) is 14.0. The molecule has 0 aliphatic heterocycles. The second-order valence-electron chi connectivity index (χ2n) is 5.88. The van der Waals surface area contributed by atoms with Crippen LogP contribution in [0.4, 0.5) is 5.82 Å². The Labute approximate surface area is 125 Å². The normalized spacial score (nSPS) is 14.5. The summed E-state index contributed by atoms with van der Waals surface area (Å²) >= 11 is 0. The Morgan fingerprint density at radius 1 is 1.24 bits per heavy atom. The van der Waals surface area contributed by atoms with Gasteiger partial charge < -0.3 is 5.32 Å². The van der Waals surface area contributed by atoms with Crippen LogP contribution in [-0.4, -0.2) is 26.3 Å². The molecular weight excluding hydrogens is 262 g/mol. The highest BCUT2D eigenvalue weighted by atomic mass is 15.3. The highest BCUT2D eigenvalue weighted by Gasteiger charge is 2.28. The molecule has 0 bridgehead atoms. The number of aromatic nitrogens is 4. The SMILES string of the molecule is CCCNc1cc(-n2nc(C)c(C)c2C)nc(C2CC2)n1. The zero-order chi connectivity index (χ0) is 15.0. The lowest BCUT2D eigenvalue weighted by Crippen LogP contribution is -2.10. The van der Waals surface area contributed by atoms with Gasteiger partial charge >= 0.3 is 0 Å². The van der Waals surface area contributed by atoms with Gasteiger partial charge in [0.25, 0.3) is 0 Å². The van der Waals surface area contributed by atoms with Crippen molar-refractivity contribution in [3.05, 3.63) is 28.8 Å². The molecule has 0 atom stereocenters. The van der Waals surface area contributed by atoms with Crippen LogP contribution in [0.1, 0.15) is 54.9 Å². The van der Waals surface area contributed by atoms with Crippen molar-refractivity contribution in [1.29, 1.82) is 0 Å². The minimum atomic E-state index is 0.533. The molecule has 0 saturated heterocycles. The molecule has 1 aliphatic rings. The summed E-state index contributed by atoms with van der Waals surface area (Å²) in [4.78, 5) is 9.39. The van der Waals surface area contributed by atoms with E-state index in [-0.39, 0.29) is 0 Å². The summed E-state index contributed by atoms with van der Waals surface area (Å²) in [6.45, 7) is 9.32. The molecule has 2 heterocycles. The lowest BCUT2D eigenvalue weighted by atomic mass is 10.2. The Bertz CT molecular complexity index is 655. The number of hydrogen-bond acceptors (Lipinski definition) is 4. The largest absolute Gasteiger partial charge is 0.370 e. The van der Waals surface area contributed by atoms with E-state index in [9.17, 15) is 0 Å². The molecule has 2 aromatic heterocycles. The first-order valence-electron chi connectivity index (χ1n) is 7.76. The van der Waals surface area contributed by atoms with Gasteiger partial charge in [-0.05, 0) is 45.6 Å². The first-order chi connectivity index (χ1) is 10.1. The van der Waals surface area contributed by atoms with Crippen LogP contribution in [0.15, 0.2) is 6.07 Å². The summed E-state index contributed by atoms with van der Waals surface area (Å²) in [7, 11) is 0. The van der Waals surface area contributed by atoms with Crippen molar-refractivity contribution in [3.63, 3.8) is 0 Å². The van der Waals surface area contributed by atoms with Crippen LogP contribution in [0.5, 0.6) is 0 Å². The summed E-state index contributed by atoms with van der Waals surface area (Å²) in [5, 5.41) is 8.00. The van der Waals surface area contributed by atoms with Gasteiger partial charge in [-0.2, -0.15) is 5.10 Å². The van der Waals surface area contributed by atoms with E-state index in [1.165, 1.54) is 18.4 Å². The lowest BCUT2D eigenvalue weighted by molar-refractivity contribution is 0.780. The van der Waals surface area contributed by atoms with Crippen molar-refractivity contribution in [1.82, 2.24) is 19.7 Å². The van der Waals surface area contributed by atoms with Crippen LogP contribution in [0.25, 0.3) is 5.82 Å². The van der Waals surface area contributed by atoms with Crippen LogP contribution in [-0.2, 0) is 0 Å². The maximum absolute atomic E-state index is 4.74. The molecule has 2 aromatic rings. The highest BCUT2D eigenvalue weighted by molar-refractivity contribution is 5.43. The Balaban J connectivity index is 2.03. The minimum Gasteiger partial charge on any atom is -0.370 e. The zero-order valence-corrected chi connectivity index (χ0v) is 13.3. The summed E-state index contributed by atoms with van der Waals surface area (Å²) in [6.07, 6.45) is 3.48. The van der Waals surface area contributed by atoms with Crippen molar-refractivity contribution in [2.75, 3.05) is 11.9 Å². The van der Waals surface area contributed by atoms with E-state index in [2.05, 4.69) is 36.2 Å². The van der Waals surface area contributed by atoms with Crippen molar-refractivity contribution in [2.24, 2.45) is 0 Å². The van der Waals surface area contributed by atoms with Crippen molar-refractivity contribution in [3.8, 4) is 5.82 Å². The molecule has 3 rings (SSSR count). The number of aryl methyl sites for hydroxylation is 1. The predicted octanol–water partition coefficient (Wildman–Crippen LogP) is 3.29. The number of anilines is 1. The fourth-order valence-corrected chi connectivity index (χ4v) is 2.37. The van der Waals surface area contributed by atoms with E-state index in [4.69, 9.17) is 4.98 Å². The zero-order valence-electron chi connectivity index (χ0n) is 13.3. The lowest BCUT2D eigenvalue weighted by Gasteiger charge is -2.10. The Kier molecular flexibility index (Phi) is 3.66. The second-order valence-corrected chi connectivity index (χ2v) is 5.88. The van der Waals surface area contributed by atoms with Crippen LogP contribution in [0.2, 0.25) is 0 Å². The van der Waals surface area contributed by atoms with Gasteiger partial charge in [-0.25, -0.2) is 14.6 Å². The number of nitrogens with zero attached hydrogens (tertiary/aromatic N) is 4. The second kappa shape index (κ2) is 5.47. The molecule has 5 nitrogen and oxygen atoms in total. The standard InChI is InChI=1S/C16H23N5/c1-5-8-17-14-9-15(19-16(18-14)13-6-7-13)21-12(4)10(2)11(3)20-21/h9,13H,5-8H2,1-4H3,(H,17,18,19). The minimum absolute atomic E-state index is 0.533. The fraction of sp³-hybridized carbons (Fsp3) is 0.562. The maximum atomic E-state index is 4.74. The van der Waals surface area contributed by atoms with E-state index in [1.807, 2.05) is 17.7 Å². The summed E-state index contributed by atoms with van der Waals surface area (Å²) < 4.78 is 1.94. The fourth-order valence-electron chi connectivity index (χ4n) is 2.37. The van der Waals surface area contributed by atoms with E-state index < -0.39 is 0 Å². The molecule has 0 amide bonds. The Morgan fingerprint density at radius 2 is 2.00 bits per heavy atom. The molecule has 1 fully saturated rings. The summed E-state index contributed by atoms with van der Waals surface area (Å²) in [6, 6.07) is 2.00. The van der Waals surface area contributed by atoms with Gasteiger partial charge in [-0.15, -0.1) is 0 Å². The van der Waals surface area contributed by atoms with Gasteiger partial charge in [0.05, 0.1) is 5.69 Å². The molecule has 0 radical (unpaired) electrons. The van der Waals surface area contributed by atoms with Crippen molar-refractivity contribution < 1.29 is 0 Å². The van der Waals surface area contributed by atoms with Crippen molar-refractivity contribution >= 4 is 5.82 Å². The van der Waals surface area contributed by atoms with Gasteiger partial charge in [-0.3, -0.25) is 0 Å². The van der Waals surface area contributed by atoms with Gasteiger partial charge in [0, 0.05) is 24.2 Å². The van der Waals surface area contributed by atoms with Crippen molar-refractivity contribution in [2.45, 2.75) is 52.9 Å². The average Bonchev–Trinajstić information content (AvgIpc) is 3.29. The highest BCUT2D eigenvalue weighted by Crippen LogP contribution is 2.38. The Hall–Kier alpha value is -1.91. The Morgan fingerprint density at radius 3 is 2.57 bits per heavy atom. The third-order valence-corrected chi connectivity index (χ3v) is 4.10. The monoisotopic (exact) mass is 285 g/mol. The third kappa shape index (κ3) is 2.77. The third-order valence-electron chi connectivity index (χ3n) is 4.10. The first-order valence-corrected chi connectivity index (χ1v) is 7.76. The molecule has 112 valence electrons. The van der Waals surface area contributed by atoms with Gasteiger partial charge in [0.2, 0.25) is 0 Å². The molecule has 5 heteroatoms. The predicted molar refractivity (Wildman–Crippen MR) is 84.1 cm³/mol. The molecule has 1 aliphatic carbocycles. The van der Waals surface area contributed by atoms with Gasteiger partial charge in [0.1, 0.15) is 11.6 Å². The molecule has 0 aromatic carbocycles. The summed E-state index contributed by atoms with van der Waals surface area (Å²) in [5.41, 5.74) is 3.43. The quantitative estimate of drug-likeness (QED) is 0.916. The van der Waals surface area contributed by atoms with Gasteiger partial charge in [-0.1, -0.05) is 6.92 Å². The van der Waals surface area contributed by atoms with Crippen LogP contribution < -0.4 is 5.32 Å². The molecule has 21 heavy (non-hydrogen) atoms. The van der Waals surface area contributed by atoms with Gasteiger partial charge in [0.15, 0.2) is 5.82 Å². The van der Waals surface area contributed by atoms with Crippen LogP contribution in [0.3, 0.4) is 0 Å². The van der Waals surface area contributed by atoms with E-state index >= 15 is 0 Å². The summed E-state index contributed by atoms with van der Waals surface area (Å²) in [5.74, 6) is 3.27.